The summed E-state index contributed by atoms with van der Waals surface area (Å²) in [7, 11) is 1.46. The largest absolute Gasteiger partial charge is 0.493 e. The van der Waals surface area contributed by atoms with E-state index in [2.05, 4.69) is 32.9 Å². The van der Waals surface area contributed by atoms with Gasteiger partial charge in [-0.2, -0.15) is 9.78 Å². The number of aromatic nitrogens is 2. The molecule has 0 fully saturated rings. The first-order chi connectivity index (χ1) is 16.4. The lowest BCUT2D eigenvalue weighted by Crippen LogP contribution is -2.22. The molecule has 10 heteroatoms. The van der Waals surface area contributed by atoms with Gasteiger partial charge in [0, 0.05) is 27.5 Å². The summed E-state index contributed by atoms with van der Waals surface area (Å²) in [6.07, 6.45) is 3.82. The van der Waals surface area contributed by atoms with Crippen molar-refractivity contribution < 1.29 is 19.0 Å². The van der Waals surface area contributed by atoms with E-state index in [0.717, 1.165) is 17.3 Å². The summed E-state index contributed by atoms with van der Waals surface area (Å²) >= 11 is 9.65. The van der Waals surface area contributed by atoms with Gasteiger partial charge in [0.1, 0.15) is 5.82 Å². The molecule has 0 saturated heterocycles. The van der Waals surface area contributed by atoms with Gasteiger partial charge in [-0.25, -0.2) is 9.78 Å². The molecule has 2 aromatic carbocycles. The average Bonchev–Trinajstić information content (AvgIpc) is 2.81. The molecule has 0 unspecified atom stereocenters. The second-order valence-corrected chi connectivity index (χ2v) is 8.63. The summed E-state index contributed by atoms with van der Waals surface area (Å²) in [6, 6.07) is 8.53. The van der Waals surface area contributed by atoms with Crippen molar-refractivity contribution in [3.05, 3.63) is 61.6 Å². The van der Waals surface area contributed by atoms with E-state index in [0.29, 0.717) is 39.5 Å². The molecular formula is C24H25BrClN3O5. The number of benzene rings is 2. The number of rotatable bonds is 10. The minimum Gasteiger partial charge on any atom is -0.493 e. The van der Waals surface area contributed by atoms with Crippen molar-refractivity contribution in [1.29, 1.82) is 0 Å². The molecule has 0 N–H and O–H groups in total. The molecule has 180 valence electrons. The molecular weight excluding hydrogens is 526 g/mol. The van der Waals surface area contributed by atoms with Gasteiger partial charge in [0.15, 0.2) is 18.1 Å². The van der Waals surface area contributed by atoms with Crippen molar-refractivity contribution in [3.63, 3.8) is 0 Å². The summed E-state index contributed by atoms with van der Waals surface area (Å²) in [5.74, 6) is 0.589. The van der Waals surface area contributed by atoms with E-state index in [9.17, 15) is 9.59 Å². The quantitative estimate of drug-likeness (QED) is 0.261. The molecule has 8 nitrogen and oxygen atoms in total. The highest BCUT2D eigenvalue weighted by molar-refractivity contribution is 9.10. The Labute approximate surface area is 210 Å². The number of hydrogen-bond acceptors (Lipinski definition) is 7. The van der Waals surface area contributed by atoms with Crippen LogP contribution in [0.2, 0.25) is 5.02 Å². The Morgan fingerprint density at radius 1 is 1.26 bits per heavy atom. The van der Waals surface area contributed by atoms with E-state index in [1.807, 2.05) is 6.07 Å². The molecule has 34 heavy (non-hydrogen) atoms. The smallest absolute Gasteiger partial charge is 0.344 e. The fraction of sp³-hybridized carbons (Fsp3) is 0.333. The lowest BCUT2D eigenvalue weighted by Gasteiger charge is -2.14. The molecule has 0 saturated carbocycles. The molecule has 0 atom stereocenters. The van der Waals surface area contributed by atoms with Crippen molar-refractivity contribution in [2.24, 2.45) is 5.10 Å². The predicted molar refractivity (Wildman–Crippen MR) is 135 cm³/mol. The normalized spacial score (nSPS) is 11.2. The van der Waals surface area contributed by atoms with Crippen LogP contribution in [0.3, 0.4) is 0 Å². The molecule has 0 radical (unpaired) electrons. The van der Waals surface area contributed by atoms with Crippen LogP contribution < -0.4 is 15.0 Å². The van der Waals surface area contributed by atoms with Crippen LogP contribution in [0, 0.1) is 0 Å². The van der Waals surface area contributed by atoms with Gasteiger partial charge in [0.05, 0.1) is 30.8 Å². The number of ether oxygens (including phenoxy) is 3. The molecule has 0 aliphatic rings. The Balaban J connectivity index is 2.09. The molecule has 0 spiro atoms. The highest BCUT2D eigenvalue weighted by Crippen LogP contribution is 2.34. The summed E-state index contributed by atoms with van der Waals surface area (Å²) in [5.41, 5.74) is 0.738. The van der Waals surface area contributed by atoms with Crippen molar-refractivity contribution in [3.8, 4) is 11.5 Å². The van der Waals surface area contributed by atoms with Crippen molar-refractivity contribution in [2.75, 3.05) is 20.3 Å². The minimum atomic E-state index is -0.523. The highest BCUT2D eigenvalue weighted by atomic mass is 79.9. The number of halogens is 2. The topological polar surface area (TPSA) is 92.0 Å². The second kappa shape index (κ2) is 12.0. The Morgan fingerprint density at radius 3 is 2.76 bits per heavy atom. The molecule has 0 aliphatic heterocycles. The van der Waals surface area contributed by atoms with Crippen LogP contribution in [-0.2, 0) is 16.0 Å². The first-order valence-electron chi connectivity index (χ1n) is 10.8. The molecule has 1 aromatic heterocycles. The summed E-state index contributed by atoms with van der Waals surface area (Å²) in [5, 5.41) is 5.26. The number of esters is 1. The van der Waals surface area contributed by atoms with E-state index < -0.39 is 5.97 Å². The van der Waals surface area contributed by atoms with Gasteiger partial charge in [-0.3, -0.25) is 4.79 Å². The Bertz CT molecular complexity index is 1280. The number of aryl methyl sites for hydroxylation is 1. The zero-order chi connectivity index (χ0) is 24.7. The Kier molecular flexibility index (Phi) is 9.06. The predicted octanol–water partition coefficient (Wildman–Crippen LogP) is 4.99. The zero-order valence-corrected chi connectivity index (χ0v) is 21.5. The number of methoxy groups -OCH3 is 1. The SMILES string of the molecule is CCCCc1nc2ccc(Br)cc2c(=O)n1N=Cc1cc(Cl)cc(OC)c1OCC(=O)OCC. The number of hydrogen-bond donors (Lipinski definition) is 0. The maximum Gasteiger partial charge on any atom is 0.344 e. The lowest BCUT2D eigenvalue weighted by molar-refractivity contribution is -0.145. The number of fused-ring (bicyclic) bond motifs is 1. The van der Waals surface area contributed by atoms with Gasteiger partial charge in [0.2, 0.25) is 0 Å². The van der Waals surface area contributed by atoms with Crippen LogP contribution >= 0.6 is 27.5 Å². The third kappa shape index (κ3) is 6.15. The molecule has 3 rings (SSSR count). The van der Waals surface area contributed by atoms with E-state index in [1.165, 1.54) is 18.0 Å². The number of nitrogens with zero attached hydrogens (tertiary/aromatic N) is 3. The van der Waals surface area contributed by atoms with E-state index >= 15 is 0 Å². The standard InChI is InChI=1S/C24H25BrClN3O5/c1-4-6-7-21-28-19-9-8-16(25)11-18(19)24(31)29(21)27-13-15-10-17(26)12-20(32-3)23(15)34-14-22(30)33-5-2/h8-13H,4-7,14H2,1-3H3. The van der Waals surface area contributed by atoms with Crippen LogP contribution in [0.5, 0.6) is 11.5 Å². The Morgan fingerprint density at radius 2 is 2.06 bits per heavy atom. The maximum atomic E-state index is 13.3. The molecule has 0 aliphatic carbocycles. The van der Waals surface area contributed by atoms with Crippen LogP contribution in [0.25, 0.3) is 10.9 Å². The number of carbonyl (C=O) groups is 1. The maximum absolute atomic E-state index is 13.3. The van der Waals surface area contributed by atoms with E-state index in [1.54, 1.807) is 31.2 Å². The van der Waals surface area contributed by atoms with E-state index in [4.69, 9.17) is 25.8 Å². The highest BCUT2D eigenvalue weighted by Gasteiger charge is 2.16. The van der Waals surface area contributed by atoms with Gasteiger partial charge in [0.25, 0.3) is 5.56 Å². The Hall–Kier alpha value is -2.91. The van der Waals surface area contributed by atoms with Crippen molar-refractivity contribution in [1.82, 2.24) is 9.66 Å². The van der Waals surface area contributed by atoms with Crippen LogP contribution in [-0.4, -0.2) is 42.2 Å². The van der Waals surface area contributed by atoms with Gasteiger partial charge in [-0.05, 0) is 37.6 Å². The second-order valence-electron chi connectivity index (χ2n) is 7.27. The summed E-state index contributed by atoms with van der Waals surface area (Å²) in [6.45, 7) is 3.70. The minimum absolute atomic E-state index is 0.239. The van der Waals surface area contributed by atoms with Gasteiger partial charge in [-0.1, -0.05) is 40.9 Å². The summed E-state index contributed by atoms with van der Waals surface area (Å²) < 4.78 is 18.0. The molecule has 0 bridgehead atoms. The molecule has 0 amide bonds. The van der Waals surface area contributed by atoms with Gasteiger partial charge < -0.3 is 14.2 Å². The number of unbranched alkanes of at least 4 members (excludes halogenated alkanes) is 1. The van der Waals surface area contributed by atoms with Crippen LogP contribution in [0.1, 0.15) is 38.1 Å². The third-order valence-corrected chi connectivity index (χ3v) is 5.56. The molecule has 3 aromatic rings. The zero-order valence-electron chi connectivity index (χ0n) is 19.1. The first-order valence-corrected chi connectivity index (χ1v) is 12.0. The average molecular weight is 551 g/mol. The van der Waals surface area contributed by atoms with Crippen LogP contribution in [0.4, 0.5) is 0 Å². The monoisotopic (exact) mass is 549 g/mol. The van der Waals surface area contributed by atoms with Gasteiger partial charge in [-0.15, -0.1) is 0 Å². The van der Waals surface area contributed by atoms with Crippen LogP contribution in [0.15, 0.2) is 44.7 Å². The summed E-state index contributed by atoms with van der Waals surface area (Å²) in [4.78, 5) is 29.8. The molecule has 1 heterocycles. The van der Waals surface area contributed by atoms with Crippen molar-refractivity contribution >= 4 is 50.6 Å². The van der Waals surface area contributed by atoms with E-state index in [-0.39, 0.29) is 24.5 Å². The number of carbonyl (C=O) groups excluding carboxylic acids is 1. The van der Waals surface area contributed by atoms with Gasteiger partial charge >= 0.3 is 5.97 Å². The van der Waals surface area contributed by atoms with Crippen molar-refractivity contribution in [2.45, 2.75) is 33.1 Å². The fourth-order valence-corrected chi connectivity index (χ4v) is 3.83. The lowest BCUT2D eigenvalue weighted by atomic mass is 10.2. The first kappa shape index (κ1) is 25.7. The third-order valence-electron chi connectivity index (χ3n) is 4.85. The fourth-order valence-electron chi connectivity index (χ4n) is 3.26.